The maximum absolute atomic E-state index is 12.7. The van der Waals surface area contributed by atoms with Gasteiger partial charge in [0.25, 0.3) is 10.0 Å². The number of ether oxygens (including phenoxy) is 1. The summed E-state index contributed by atoms with van der Waals surface area (Å²) in [6.07, 6.45) is 0. The molecule has 8 nitrogen and oxygen atoms in total. The van der Waals surface area contributed by atoms with Crippen LogP contribution in [-0.4, -0.2) is 28.2 Å². The number of nitrogens with one attached hydrogen (secondary N) is 1. The van der Waals surface area contributed by atoms with Crippen molar-refractivity contribution in [1.82, 2.24) is 19.7 Å². The van der Waals surface area contributed by atoms with Crippen molar-refractivity contribution >= 4 is 38.9 Å². The van der Waals surface area contributed by atoms with Crippen molar-refractivity contribution in [1.29, 1.82) is 0 Å². The van der Waals surface area contributed by atoms with Gasteiger partial charge in [-0.05, 0) is 75.7 Å². The summed E-state index contributed by atoms with van der Waals surface area (Å²) in [5, 5.41) is 4.88. The lowest BCUT2D eigenvalue weighted by molar-refractivity contribution is 0.459. The zero-order valence-electron chi connectivity index (χ0n) is 18.8. The molecule has 2 aromatic heterocycles. The molecule has 176 valence electrons. The number of sulfonamides is 1. The van der Waals surface area contributed by atoms with E-state index in [1.165, 1.54) is 18.2 Å². The van der Waals surface area contributed by atoms with E-state index in [1.54, 1.807) is 41.9 Å². The first-order valence-corrected chi connectivity index (χ1v) is 12.4. The SMILES string of the molecule is Cc1nc(Oc2ccc(NS(=O)(=O)c3cc(Cl)ccc3Cl)cc2)cc(-n2nc(C)c(C)c2C)n1. The summed E-state index contributed by atoms with van der Waals surface area (Å²) >= 11 is 12.0. The molecule has 0 saturated heterocycles. The Morgan fingerprint density at radius 2 is 1.65 bits per heavy atom. The van der Waals surface area contributed by atoms with Gasteiger partial charge in [0.1, 0.15) is 16.5 Å². The van der Waals surface area contributed by atoms with Gasteiger partial charge in [-0.25, -0.2) is 18.1 Å². The zero-order chi connectivity index (χ0) is 24.6. The van der Waals surface area contributed by atoms with Gasteiger partial charge in [0, 0.05) is 22.5 Å². The van der Waals surface area contributed by atoms with E-state index in [9.17, 15) is 8.42 Å². The summed E-state index contributed by atoms with van der Waals surface area (Å²) < 4.78 is 35.5. The minimum Gasteiger partial charge on any atom is -0.439 e. The van der Waals surface area contributed by atoms with E-state index in [2.05, 4.69) is 19.8 Å². The van der Waals surface area contributed by atoms with Gasteiger partial charge in [-0.2, -0.15) is 10.1 Å². The Morgan fingerprint density at radius 3 is 2.29 bits per heavy atom. The molecule has 0 aliphatic heterocycles. The maximum Gasteiger partial charge on any atom is 0.263 e. The van der Waals surface area contributed by atoms with E-state index in [0.717, 1.165) is 17.0 Å². The average Bonchev–Trinajstić information content (AvgIpc) is 3.03. The highest BCUT2D eigenvalue weighted by Crippen LogP contribution is 2.28. The second-order valence-corrected chi connectivity index (χ2v) is 10.1. The highest BCUT2D eigenvalue weighted by molar-refractivity contribution is 7.92. The Labute approximate surface area is 207 Å². The number of aryl methyl sites for hydroxylation is 2. The second-order valence-electron chi connectivity index (χ2n) is 7.63. The van der Waals surface area contributed by atoms with Crippen LogP contribution in [0.3, 0.4) is 0 Å². The number of hydrogen-bond acceptors (Lipinski definition) is 6. The number of halogens is 2. The highest BCUT2D eigenvalue weighted by atomic mass is 35.5. The average molecular weight is 518 g/mol. The standard InChI is InChI=1S/C23H21Cl2N5O3S/c1-13-14(2)28-30(15(13)3)22-12-23(27-16(4)26-22)33-19-8-6-18(7-9-19)29-34(31,32)21-11-17(24)5-10-20(21)25/h5-12,29H,1-4H3. The number of aromatic nitrogens is 4. The molecule has 1 N–H and O–H groups in total. The highest BCUT2D eigenvalue weighted by Gasteiger charge is 2.19. The first-order valence-electron chi connectivity index (χ1n) is 10.2. The van der Waals surface area contributed by atoms with Crippen molar-refractivity contribution in [2.75, 3.05) is 4.72 Å². The third kappa shape index (κ3) is 5.01. The Kier molecular flexibility index (Phi) is 6.53. The van der Waals surface area contributed by atoms with Crippen LogP contribution in [0.1, 0.15) is 22.8 Å². The summed E-state index contributed by atoms with van der Waals surface area (Å²) in [6.45, 7) is 7.70. The van der Waals surface area contributed by atoms with Crippen LogP contribution in [-0.2, 0) is 10.0 Å². The molecule has 0 unspecified atom stereocenters. The molecule has 0 aliphatic rings. The third-order valence-electron chi connectivity index (χ3n) is 5.18. The summed E-state index contributed by atoms with van der Waals surface area (Å²) in [6, 6.07) is 12.3. The molecule has 0 radical (unpaired) electrons. The first-order chi connectivity index (χ1) is 16.0. The number of hydrogen-bond donors (Lipinski definition) is 1. The van der Waals surface area contributed by atoms with Gasteiger partial charge in [0.05, 0.1) is 10.7 Å². The predicted octanol–water partition coefficient (Wildman–Crippen LogP) is 5.80. The molecule has 4 rings (SSSR count). The fourth-order valence-electron chi connectivity index (χ4n) is 3.23. The van der Waals surface area contributed by atoms with E-state index in [-0.39, 0.29) is 14.9 Å². The number of anilines is 1. The van der Waals surface area contributed by atoms with Crippen LogP contribution in [0.25, 0.3) is 5.82 Å². The van der Waals surface area contributed by atoms with Crippen molar-refractivity contribution < 1.29 is 13.2 Å². The van der Waals surface area contributed by atoms with Gasteiger partial charge in [0.2, 0.25) is 5.88 Å². The first kappa shape index (κ1) is 24.0. The molecule has 11 heteroatoms. The van der Waals surface area contributed by atoms with E-state index in [4.69, 9.17) is 27.9 Å². The van der Waals surface area contributed by atoms with Gasteiger partial charge in [-0.15, -0.1) is 0 Å². The number of nitrogens with zero attached hydrogens (tertiary/aromatic N) is 4. The minimum absolute atomic E-state index is 0.0737. The topological polar surface area (TPSA) is 99.0 Å². The van der Waals surface area contributed by atoms with Gasteiger partial charge >= 0.3 is 0 Å². The lowest BCUT2D eigenvalue weighted by Crippen LogP contribution is -2.13. The molecule has 0 bridgehead atoms. The van der Waals surface area contributed by atoms with E-state index in [1.807, 2.05) is 20.8 Å². The molecule has 0 amide bonds. The summed E-state index contributed by atoms with van der Waals surface area (Å²) in [7, 11) is -3.92. The Balaban J connectivity index is 1.55. The molecule has 2 aromatic carbocycles. The molecule has 0 saturated carbocycles. The fourth-order valence-corrected chi connectivity index (χ4v) is 5.06. The number of benzene rings is 2. The second kappa shape index (κ2) is 9.25. The predicted molar refractivity (Wildman–Crippen MR) is 132 cm³/mol. The van der Waals surface area contributed by atoms with Crippen LogP contribution >= 0.6 is 23.2 Å². The van der Waals surface area contributed by atoms with Gasteiger partial charge in [0.15, 0.2) is 5.82 Å². The number of rotatable bonds is 6. The molecule has 4 aromatic rings. The molecule has 34 heavy (non-hydrogen) atoms. The van der Waals surface area contributed by atoms with Crippen LogP contribution in [0.15, 0.2) is 53.4 Å². The van der Waals surface area contributed by atoms with Crippen molar-refractivity contribution in [2.45, 2.75) is 32.6 Å². The summed E-state index contributed by atoms with van der Waals surface area (Å²) in [5.74, 6) is 1.93. The molecule has 0 spiro atoms. The monoisotopic (exact) mass is 517 g/mol. The largest absolute Gasteiger partial charge is 0.439 e. The maximum atomic E-state index is 12.7. The minimum atomic E-state index is -3.92. The van der Waals surface area contributed by atoms with Crippen LogP contribution in [0.2, 0.25) is 10.0 Å². The smallest absolute Gasteiger partial charge is 0.263 e. The summed E-state index contributed by atoms with van der Waals surface area (Å²) in [5.41, 5.74) is 3.34. The fraction of sp³-hybridized carbons (Fsp3) is 0.174. The van der Waals surface area contributed by atoms with Crippen LogP contribution in [0, 0.1) is 27.7 Å². The van der Waals surface area contributed by atoms with Gasteiger partial charge in [-0.1, -0.05) is 23.2 Å². The Morgan fingerprint density at radius 1 is 0.941 bits per heavy atom. The zero-order valence-corrected chi connectivity index (χ0v) is 21.1. The quantitative estimate of drug-likeness (QED) is 0.347. The van der Waals surface area contributed by atoms with E-state index < -0.39 is 10.0 Å². The molecule has 0 fully saturated rings. The normalized spacial score (nSPS) is 11.5. The summed E-state index contributed by atoms with van der Waals surface area (Å²) in [4.78, 5) is 8.70. The van der Waals surface area contributed by atoms with Crippen molar-refractivity contribution in [3.8, 4) is 17.4 Å². The van der Waals surface area contributed by atoms with Gasteiger partial charge < -0.3 is 4.74 Å². The van der Waals surface area contributed by atoms with Crippen molar-refractivity contribution in [3.63, 3.8) is 0 Å². The van der Waals surface area contributed by atoms with Crippen LogP contribution in [0.4, 0.5) is 5.69 Å². The lowest BCUT2D eigenvalue weighted by Gasteiger charge is -2.11. The van der Waals surface area contributed by atoms with Gasteiger partial charge in [-0.3, -0.25) is 4.72 Å². The molecular formula is C23H21Cl2N5O3S. The van der Waals surface area contributed by atoms with Crippen LogP contribution < -0.4 is 9.46 Å². The molecule has 0 aliphatic carbocycles. The van der Waals surface area contributed by atoms with Crippen LogP contribution in [0.5, 0.6) is 11.6 Å². The lowest BCUT2D eigenvalue weighted by atomic mass is 10.2. The third-order valence-corrected chi connectivity index (χ3v) is 7.28. The molecule has 0 atom stereocenters. The Bertz CT molecular complexity index is 1490. The Hall–Kier alpha value is -3.14. The van der Waals surface area contributed by atoms with E-state index >= 15 is 0 Å². The molecular weight excluding hydrogens is 497 g/mol. The van der Waals surface area contributed by atoms with Crippen molar-refractivity contribution in [3.05, 3.63) is 81.4 Å². The molecule has 2 heterocycles. The van der Waals surface area contributed by atoms with E-state index in [0.29, 0.717) is 29.0 Å². The van der Waals surface area contributed by atoms with Crippen molar-refractivity contribution in [2.24, 2.45) is 0 Å².